The number of aromatic carboxylic acids is 1. The average Bonchev–Trinajstić information content (AvgIpc) is 2.86. The van der Waals surface area contributed by atoms with Crippen LogP contribution < -0.4 is 5.32 Å². The van der Waals surface area contributed by atoms with Crippen molar-refractivity contribution in [3.05, 3.63) is 17.5 Å². The molecule has 1 aromatic rings. The minimum Gasteiger partial charge on any atom is -0.475 e. The Labute approximate surface area is 105 Å². The number of amides is 1. The lowest BCUT2D eigenvalue weighted by molar-refractivity contribution is 0.0650. The Hall–Kier alpha value is -1.85. The molecule has 0 radical (unpaired) electrons. The molecule has 0 spiro atoms. The molecule has 100 valence electrons. The third kappa shape index (κ3) is 2.88. The van der Waals surface area contributed by atoms with Crippen LogP contribution in [0.2, 0.25) is 0 Å². The van der Waals surface area contributed by atoms with Crippen molar-refractivity contribution in [3.63, 3.8) is 0 Å². The van der Waals surface area contributed by atoms with Crippen LogP contribution in [0.1, 0.15) is 61.1 Å². The fourth-order valence-corrected chi connectivity index (χ4v) is 1.80. The van der Waals surface area contributed by atoms with Gasteiger partial charge in [-0.05, 0) is 19.3 Å². The van der Waals surface area contributed by atoms with Crippen LogP contribution in [0.4, 0.5) is 0 Å². The summed E-state index contributed by atoms with van der Waals surface area (Å²) in [7, 11) is 0. The van der Waals surface area contributed by atoms with E-state index in [0.717, 1.165) is 25.3 Å². The summed E-state index contributed by atoms with van der Waals surface area (Å²) in [6.07, 6.45) is 2.40. The normalized spacial score (nSPS) is 11.3. The van der Waals surface area contributed by atoms with Crippen molar-refractivity contribution < 1.29 is 19.2 Å². The highest BCUT2D eigenvalue weighted by Gasteiger charge is 2.28. The van der Waals surface area contributed by atoms with Crippen molar-refractivity contribution in [2.75, 3.05) is 0 Å². The van der Waals surface area contributed by atoms with E-state index < -0.39 is 11.9 Å². The van der Waals surface area contributed by atoms with Crippen molar-refractivity contribution >= 4 is 11.9 Å². The molecular formula is C12H18N2O4. The second kappa shape index (κ2) is 5.66. The number of hydrogen-bond donors (Lipinski definition) is 2. The quantitative estimate of drug-likeness (QED) is 0.810. The van der Waals surface area contributed by atoms with E-state index in [1.54, 1.807) is 0 Å². The maximum atomic E-state index is 11.9. The smallest absolute Gasteiger partial charge is 0.374 e. The fourth-order valence-electron chi connectivity index (χ4n) is 1.80. The van der Waals surface area contributed by atoms with Crippen molar-refractivity contribution in [2.24, 2.45) is 0 Å². The molecule has 6 nitrogen and oxygen atoms in total. The van der Waals surface area contributed by atoms with Crippen molar-refractivity contribution in [1.29, 1.82) is 0 Å². The maximum Gasteiger partial charge on any atom is 0.374 e. The van der Waals surface area contributed by atoms with Gasteiger partial charge in [-0.3, -0.25) is 4.79 Å². The number of aromatic nitrogens is 1. The molecule has 1 rings (SSSR count). The van der Waals surface area contributed by atoms with Crippen LogP contribution in [0.25, 0.3) is 0 Å². The first kappa shape index (κ1) is 14.2. The van der Waals surface area contributed by atoms with E-state index >= 15 is 0 Å². The van der Waals surface area contributed by atoms with Gasteiger partial charge in [0.25, 0.3) is 5.91 Å². The first-order valence-corrected chi connectivity index (χ1v) is 6.00. The second-order valence-electron chi connectivity index (χ2n) is 4.18. The number of hydrogen-bond acceptors (Lipinski definition) is 4. The zero-order valence-electron chi connectivity index (χ0n) is 10.8. The van der Waals surface area contributed by atoms with Crippen LogP contribution in [0.5, 0.6) is 0 Å². The topological polar surface area (TPSA) is 92.4 Å². The van der Waals surface area contributed by atoms with Gasteiger partial charge in [-0.2, -0.15) is 0 Å². The molecule has 0 aromatic carbocycles. The molecule has 0 unspecified atom stereocenters. The summed E-state index contributed by atoms with van der Waals surface area (Å²) < 4.78 is 4.55. The number of rotatable bonds is 6. The summed E-state index contributed by atoms with van der Waals surface area (Å²) in [5.41, 5.74) is -0.286. The lowest BCUT2D eigenvalue weighted by Gasteiger charge is -2.31. The van der Waals surface area contributed by atoms with Gasteiger partial charge in [0.2, 0.25) is 5.76 Å². The molecule has 1 amide bonds. The van der Waals surface area contributed by atoms with Gasteiger partial charge in [0.15, 0.2) is 5.69 Å². The lowest BCUT2D eigenvalue weighted by atomic mass is 9.89. The molecule has 0 bridgehead atoms. The highest BCUT2D eigenvalue weighted by molar-refractivity contribution is 5.95. The van der Waals surface area contributed by atoms with Gasteiger partial charge >= 0.3 is 5.97 Å². The Bertz CT molecular complexity index is 427. The number of carboxylic acid groups (broad SMARTS) is 1. The van der Waals surface area contributed by atoms with Gasteiger partial charge in [0.1, 0.15) is 0 Å². The Balaban J connectivity index is 2.84. The summed E-state index contributed by atoms with van der Waals surface area (Å²) in [6, 6.07) is 1.13. The van der Waals surface area contributed by atoms with E-state index in [2.05, 4.69) is 15.0 Å². The SMILES string of the molecule is CCC(CC)(CC)NC(=O)c1cc(C(=O)O)on1. The number of nitrogens with one attached hydrogen (secondary N) is 1. The maximum absolute atomic E-state index is 11.9. The van der Waals surface area contributed by atoms with Crippen LogP contribution >= 0.6 is 0 Å². The summed E-state index contributed by atoms with van der Waals surface area (Å²) in [6.45, 7) is 6.00. The fraction of sp³-hybridized carbons (Fsp3) is 0.583. The van der Waals surface area contributed by atoms with Crippen LogP contribution in [0.15, 0.2) is 10.6 Å². The van der Waals surface area contributed by atoms with E-state index in [1.165, 1.54) is 0 Å². The Morgan fingerprint density at radius 1 is 1.33 bits per heavy atom. The number of carboxylic acids is 1. The third-order valence-corrected chi connectivity index (χ3v) is 3.36. The van der Waals surface area contributed by atoms with Crippen LogP contribution in [0.3, 0.4) is 0 Å². The van der Waals surface area contributed by atoms with Gasteiger partial charge in [-0.15, -0.1) is 0 Å². The summed E-state index contributed by atoms with van der Waals surface area (Å²) >= 11 is 0. The number of carbonyl (C=O) groups excluding carboxylic acids is 1. The summed E-state index contributed by atoms with van der Waals surface area (Å²) in [4.78, 5) is 22.6. The van der Waals surface area contributed by atoms with Gasteiger partial charge < -0.3 is 14.9 Å². The van der Waals surface area contributed by atoms with Crippen LogP contribution in [-0.2, 0) is 0 Å². The van der Waals surface area contributed by atoms with E-state index in [1.807, 2.05) is 20.8 Å². The minimum atomic E-state index is -1.24. The average molecular weight is 254 g/mol. The zero-order valence-corrected chi connectivity index (χ0v) is 10.8. The van der Waals surface area contributed by atoms with E-state index in [-0.39, 0.29) is 17.0 Å². The Morgan fingerprint density at radius 2 is 1.89 bits per heavy atom. The van der Waals surface area contributed by atoms with Crippen LogP contribution in [0, 0.1) is 0 Å². The van der Waals surface area contributed by atoms with Crippen LogP contribution in [-0.4, -0.2) is 27.7 Å². The Morgan fingerprint density at radius 3 is 2.28 bits per heavy atom. The molecule has 0 aliphatic carbocycles. The number of carbonyl (C=O) groups is 2. The highest BCUT2D eigenvalue weighted by atomic mass is 16.5. The molecule has 1 heterocycles. The molecule has 0 aliphatic rings. The molecule has 2 N–H and O–H groups in total. The number of nitrogens with zero attached hydrogens (tertiary/aromatic N) is 1. The summed E-state index contributed by atoms with van der Waals surface area (Å²) in [5, 5.41) is 15.0. The monoisotopic (exact) mass is 254 g/mol. The molecule has 0 atom stereocenters. The molecule has 1 aromatic heterocycles. The first-order valence-electron chi connectivity index (χ1n) is 6.00. The largest absolute Gasteiger partial charge is 0.475 e. The highest BCUT2D eigenvalue weighted by Crippen LogP contribution is 2.20. The standard InChI is InChI=1S/C12H18N2O4/c1-4-12(5-2,6-3)13-10(15)8-7-9(11(16)17)18-14-8/h7H,4-6H2,1-3H3,(H,13,15)(H,16,17). The molecule has 0 aliphatic heterocycles. The third-order valence-electron chi connectivity index (χ3n) is 3.36. The molecule has 0 saturated carbocycles. The Kier molecular flexibility index (Phi) is 4.47. The van der Waals surface area contributed by atoms with Gasteiger partial charge in [-0.1, -0.05) is 25.9 Å². The molecule has 0 saturated heterocycles. The van der Waals surface area contributed by atoms with Crippen molar-refractivity contribution in [3.8, 4) is 0 Å². The van der Waals surface area contributed by atoms with E-state index in [4.69, 9.17) is 5.11 Å². The second-order valence-corrected chi connectivity index (χ2v) is 4.18. The minimum absolute atomic E-state index is 0.00729. The van der Waals surface area contributed by atoms with E-state index in [0.29, 0.717) is 0 Å². The van der Waals surface area contributed by atoms with Gasteiger partial charge in [0, 0.05) is 11.6 Å². The summed E-state index contributed by atoms with van der Waals surface area (Å²) in [5.74, 6) is -1.98. The molecule has 6 heteroatoms. The molecule has 0 fully saturated rings. The molecular weight excluding hydrogens is 236 g/mol. The van der Waals surface area contributed by atoms with Gasteiger partial charge in [0.05, 0.1) is 0 Å². The molecule has 18 heavy (non-hydrogen) atoms. The predicted molar refractivity (Wildman–Crippen MR) is 64.5 cm³/mol. The lowest BCUT2D eigenvalue weighted by Crippen LogP contribution is -2.47. The predicted octanol–water partition coefficient (Wildman–Crippen LogP) is 2.07. The van der Waals surface area contributed by atoms with Gasteiger partial charge in [-0.25, -0.2) is 4.79 Å². The first-order chi connectivity index (χ1) is 8.48. The van der Waals surface area contributed by atoms with E-state index in [9.17, 15) is 9.59 Å². The van der Waals surface area contributed by atoms with Crippen molar-refractivity contribution in [2.45, 2.75) is 45.6 Å². The zero-order chi connectivity index (χ0) is 13.8. The van der Waals surface area contributed by atoms with Crippen molar-refractivity contribution in [1.82, 2.24) is 10.5 Å².